The standard InChI is InChI=1S/C38H26N4/c1-4-12-28(13-5-1)34-20-11-21-35(39-34)29-24-22-27(23-25-29)32-18-10-19-33(26-32)38-41-36(30-14-6-2-7-15-30)40-37(42-38)31-16-8-3-9-17-31/h1-26H. The Kier molecular flexibility index (Phi) is 6.85. The normalized spacial score (nSPS) is 10.9. The minimum absolute atomic E-state index is 0.642. The van der Waals surface area contributed by atoms with Crippen molar-refractivity contribution in [3.05, 3.63) is 158 Å². The van der Waals surface area contributed by atoms with Gasteiger partial charge in [0.2, 0.25) is 0 Å². The molecule has 0 radical (unpaired) electrons. The third kappa shape index (κ3) is 5.34. The molecule has 7 aromatic rings. The summed E-state index contributed by atoms with van der Waals surface area (Å²) in [6, 6.07) is 53.4. The van der Waals surface area contributed by atoms with Crippen LogP contribution in [0.15, 0.2) is 158 Å². The van der Waals surface area contributed by atoms with Crippen LogP contribution < -0.4 is 0 Å². The minimum Gasteiger partial charge on any atom is -0.248 e. The first-order valence-corrected chi connectivity index (χ1v) is 13.9. The summed E-state index contributed by atoms with van der Waals surface area (Å²) >= 11 is 0. The molecule has 0 N–H and O–H groups in total. The van der Waals surface area contributed by atoms with Crippen molar-refractivity contribution in [1.29, 1.82) is 0 Å². The SMILES string of the molecule is c1ccc(-c2cccc(-c3ccc(-c4cccc(-c5nc(-c6ccccc6)nc(-c6ccccc6)n5)c4)cc3)n2)cc1. The number of benzene rings is 5. The van der Waals surface area contributed by atoms with Crippen molar-refractivity contribution in [2.45, 2.75) is 0 Å². The number of hydrogen-bond donors (Lipinski definition) is 0. The molecule has 42 heavy (non-hydrogen) atoms. The van der Waals surface area contributed by atoms with E-state index in [0.29, 0.717) is 17.5 Å². The van der Waals surface area contributed by atoms with Gasteiger partial charge in [0.05, 0.1) is 11.4 Å². The molecule has 0 spiro atoms. The van der Waals surface area contributed by atoms with E-state index in [0.717, 1.165) is 50.3 Å². The van der Waals surface area contributed by atoms with Crippen LogP contribution in [0.25, 0.3) is 67.8 Å². The Hall–Kier alpha value is -5.74. The highest BCUT2D eigenvalue weighted by atomic mass is 15.0. The van der Waals surface area contributed by atoms with Crippen LogP contribution in [0.1, 0.15) is 0 Å². The number of pyridine rings is 1. The van der Waals surface area contributed by atoms with Gasteiger partial charge >= 0.3 is 0 Å². The third-order valence-corrected chi connectivity index (χ3v) is 7.15. The van der Waals surface area contributed by atoms with Gasteiger partial charge in [0.1, 0.15) is 0 Å². The highest BCUT2D eigenvalue weighted by Gasteiger charge is 2.13. The predicted molar refractivity (Wildman–Crippen MR) is 170 cm³/mol. The van der Waals surface area contributed by atoms with E-state index in [1.165, 1.54) is 0 Å². The molecule has 2 heterocycles. The summed E-state index contributed by atoms with van der Waals surface area (Å²) in [5.74, 6) is 1.95. The van der Waals surface area contributed by atoms with Gasteiger partial charge in [0, 0.05) is 27.8 Å². The van der Waals surface area contributed by atoms with E-state index in [-0.39, 0.29) is 0 Å². The topological polar surface area (TPSA) is 51.6 Å². The van der Waals surface area contributed by atoms with Crippen LogP contribution in [-0.2, 0) is 0 Å². The van der Waals surface area contributed by atoms with Gasteiger partial charge < -0.3 is 0 Å². The lowest BCUT2D eigenvalue weighted by atomic mass is 10.00. The van der Waals surface area contributed by atoms with E-state index in [1.54, 1.807) is 0 Å². The number of hydrogen-bond acceptors (Lipinski definition) is 4. The summed E-state index contributed by atoms with van der Waals surface area (Å²) in [6.45, 7) is 0. The van der Waals surface area contributed by atoms with Crippen LogP contribution in [0.4, 0.5) is 0 Å². The summed E-state index contributed by atoms with van der Waals surface area (Å²) in [5.41, 5.74) is 9.14. The zero-order valence-electron chi connectivity index (χ0n) is 22.8. The monoisotopic (exact) mass is 538 g/mol. The van der Waals surface area contributed by atoms with Crippen molar-refractivity contribution >= 4 is 0 Å². The van der Waals surface area contributed by atoms with Gasteiger partial charge in [-0.05, 0) is 29.3 Å². The second kappa shape index (κ2) is 11.4. The van der Waals surface area contributed by atoms with Gasteiger partial charge in [-0.1, -0.05) is 140 Å². The molecule has 0 saturated heterocycles. The Bertz CT molecular complexity index is 1900. The minimum atomic E-state index is 0.642. The molecule has 0 fully saturated rings. The van der Waals surface area contributed by atoms with E-state index >= 15 is 0 Å². The highest BCUT2D eigenvalue weighted by molar-refractivity contribution is 5.75. The average molecular weight is 539 g/mol. The smallest absolute Gasteiger partial charge is 0.164 e. The number of rotatable bonds is 6. The summed E-state index contributed by atoms with van der Waals surface area (Å²) in [7, 11) is 0. The van der Waals surface area contributed by atoms with Crippen molar-refractivity contribution in [2.75, 3.05) is 0 Å². The first-order valence-electron chi connectivity index (χ1n) is 13.9. The summed E-state index contributed by atoms with van der Waals surface area (Å²) in [5, 5.41) is 0. The first kappa shape index (κ1) is 25.2. The van der Waals surface area contributed by atoms with Crippen molar-refractivity contribution in [1.82, 2.24) is 19.9 Å². The Morgan fingerprint density at radius 2 is 0.619 bits per heavy atom. The molecule has 4 heteroatoms. The Morgan fingerprint density at radius 3 is 1.17 bits per heavy atom. The van der Waals surface area contributed by atoms with Crippen molar-refractivity contribution in [2.24, 2.45) is 0 Å². The van der Waals surface area contributed by atoms with Crippen LogP contribution in [0.5, 0.6) is 0 Å². The third-order valence-electron chi connectivity index (χ3n) is 7.15. The lowest BCUT2D eigenvalue weighted by Crippen LogP contribution is -2.00. The second-order valence-electron chi connectivity index (χ2n) is 9.97. The maximum absolute atomic E-state index is 4.91. The van der Waals surface area contributed by atoms with Gasteiger partial charge in [0.25, 0.3) is 0 Å². The largest absolute Gasteiger partial charge is 0.248 e. The predicted octanol–water partition coefficient (Wildman–Crippen LogP) is 9.27. The molecule has 0 unspecified atom stereocenters. The van der Waals surface area contributed by atoms with E-state index in [4.69, 9.17) is 19.9 Å². The molecule has 0 bridgehead atoms. The van der Waals surface area contributed by atoms with E-state index in [2.05, 4.69) is 72.8 Å². The van der Waals surface area contributed by atoms with E-state index in [1.807, 2.05) is 84.9 Å². The maximum atomic E-state index is 4.91. The number of aromatic nitrogens is 4. The molecule has 5 aromatic carbocycles. The molecule has 0 aliphatic heterocycles. The van der Waals surface area contributed by atoms with Crippen LogP contribution >= 0.6 is 0 Å². The molecule has 2 aromatic heterocycles. The molecular formula is C38H26N4. The quantitative estimate of drug-likeness (QED) is 0.212. The summed E-state index contributed by atoms with van der Waals surface area (Å²) in [6.07, 6.45) is 0. The molecule has 0 aliphatic rings. The Morgan fingerprint density at radius 1 is 0.238 bits per heavy atom. The first-order chi connectivity index (χ1) is 20.8. The van der Waals surface area contributed by atoms with Crippen molar-refractivity contribution < 1.29 is 0 Å². The molecule has 0 amide bonds. The van der Waals surface area contributed by atoms with Gasteiger partial charge in [-0.25, -0.2) is 19.9 Å². The fraction of sp³-hybridized carbons (Fsp3) is 0. The zero-order chi connectivity index (χ0) is 28.1. The lowest BCUT2D eigenvalue weighted by molar-refractivity contribution is 1.07. The Balaban J connectivity index is 1.23. The van der Waals surface area contributed by atoms with Crippen LogP contribution in [0.2, 0.25) is 0 Å². The fourth-order valence-electron chi connectivity index (χ4n) is 4.97. The fourth-order valence-corrected chi connectivity index (χ4v) is 4.97. The van der Waals surface area contributed by atoms with Gasteiger partial charge in [-0.3, -0.25) is 0 Å². The van der Waals surface area contributed by atoms with E-state index < -0.39 is 0 Å². The molecule has 7 rings (SSSR count). The highest BCUT2D eigenvalue weighted by Crippen LogP contribution is 2.30. The molecule has 0 atom stereocenters. The second-order valence-corrected chi connectivity index (χ2v) is 9.97. The average Bonchev–Trinajstić information content (AvgIpc) is 3.09. The molecule has 4 nitrogen and oxygen atoms in total. The van der Waals surface area contributed by atoms with Crippen molar-refractivity contribution in [3.63, 3.8) is 0 Å². The Labute approximate surface area is 245 Å². The van der Waals surface area contributed by atoms with Gasteiger partial charge in [-0.2, -0.15) is 0 Å². The molecular weight excluding hydrogens is 512 g/mol. The van der Waals surface area contributed by atoms with Crippen LogP contribution in [0, 0.1) is 0 Å². The lowest BCUT2D eigenvalue weighted by Gasteiger charge is -2.10. The zero-order valence-corrected chi connectivity index (χ0v) is 22.8. The van der Waals surface area contributed by atoms with E-state index in [9.17, 15) is 0 Å². The molecule has 0 aliphatic carbocycles. The molecule has 0 saturated carbocycles. The maximum Gasteiger partial charge on any atom is 0.164 e. The van der Waals surface area contributed by atoms with Crippen LogP contribution in [0.3, 0.4) is 0 Å². The van der Waals surface area contributed by atoms with Crippen molar-refractivity contribution in [3.8, 4) is 67.8 Å². The van der Waals surface area contributed by atoms with Gasteiger partial charge in [-0.15, -0.1) is 0 Å². The summed E-state index contributed by atoms with van der Waals surface area (Å²) in [4.78, 5) is 19.5. The molecule has 198 valence electrons. The summed E-state index contributed by atoms with van der Waals surface area (Å²) < 4.78 is 0. The van der Waals surface area contributed by atoms with Gasteiger partial charge in [0.15, 0.2) is 17.5 Å². The van der Waals surface area contributed by atoms with Crippen LogP contribution in [-0.4, -0.2) is 19.9 Å². The number of nitrogens with zero attached hydrogens (tertiary/aromatic N) is 4.